The molecule has 5 nitrogen and oxygen atoms in total. The van der Waals surface area contributed by atoms with Gasteiger partial charge in [0.2, 0.25) is 0 Å². The molecule has 0 spiro atoms. The second-order valence-electron chi connectivity index (χ2n) is 3.76. The fourth-order valence-electron chi connectivity index (χ4n) is 1.73. The van der Waals surface area contributed by atoms with Gasteiger partial charge in [-0.15, -0.1) is 0 Å². The van der Waals surface area contributed by atoms with Gasteiger partial charge < -0.3 is 10.0 Å². The van der Waals surface area contributed by atoms with Gasteiger partial charge in [0.15, 0.2) is 0 Å². The van der Waals surface area contributed by atoms with Crippen LogP contribution in [-0.4, -0.2) is 51.0 Å². The summed E-state index contributed by atoms with van der Waals surface area (Å²) in [6.45, 7) is 0.434. The quantitative estimate of drug-likeness (QED) is 0.889. The van der Waals surface area contributed by atoms with E-state index in [4.69, 9.17) is 5.11 Å². The number of carboxylic acid groups (broad SMARTS) is 1. The summed E-state index contributed by atoms with van der Waals surface area (Å²) in [6, 6.07) is 2.65. The molecule has 2 heterocycles. The van der Waals surface area contributed by atoms with Crippen molar-refractivity contribution in [2.45, 2.75) is 6.04 Å². The Morgan fingerprint density at radius 3 is 3.00 bits per heavy atom. The number of carbonyl (C=O) groups is 2. The molecule has 1 amide bonds. The van der Waals surface area contributed by atoms with Gasteiger partial charge in [-0.05, 0) is 28.1 Å². The molecule has 1 fully saturated rings. The van der Waals surface area contributed by atoms with E-state index in [-0.39, 0.29) is 11.6 Å². The Morgan fingerprint density at radius 1 is 1.56 bits per heavy atom. The Labute approximate surface area is 117 Å². The van der Waals surface area contributed by atoms with Crippen LogP contribution in [0.5, 0.6) is 0 Å². The smallest absolute Gasteiger partial charge is 0.327 e. The highest BCUT2D eigenvalue weighted by molar-refractivity contribution is 9.10. The van der Waals surface area contributed by atoms with Crippen molar-refractivity contribution < 1.29 is 14.7 Å². The van der Waals surface area contributed by atoms with Gasteiger partial charge in [0, 0.05) is 28.7 Å². The van der Waals surface area contributed by atoms with Crippen molar-refractivity contribution in [3.05, 3.63) is 28.5 Å². The van der Waals surface area contributed by atoms with Crippen LogP contribution in [0, 0.1) is 0 Å². The zero-order valence-electron chi connectivity index (χ0n) is 9.38. The molecular formula is C11H11BrN2O3S. The predicted molar refractivity (Wildman–Crippen MR) is 71.7 cm³/mol. The molecule has 7 heteroatoms. The molecule has 0 radical (unpaired) electrons. The zero-order valence-corrected chi connectivity index (χ0v) is 11.8. The van der Waals surface area contributed by atoms with Gasteiger partial charge in [0.25, 0.3) is 5.91 Å². The van der Waals surface area contributed by atoms with Crippen LogP contribution < -0.4 is 0 Å². The first-order valence-electron chi connectivity index (χ1n) is 5.33. The molecule has 0 bridgehead atoms. The average Bonchev–Trinajstić information content (AvgIpc) is 2.38. The van der Waals surface area contributed by atoms with Crippen LogP contribution in [0.25, 0.3) is 0 Å². The third kappa shape index (κ3) is 2.67. The Bertz CT molecular complexity index is 483. The Kier molecular flexibility index (Phi) is 4.23. The lowest BCUT2D eigenvalue weighted by molar-refractivity contribution is -0.141. The second kappa shape index (κ2) is 5.71. The lowest BCUT2D eigenvalue weighted by Crippen LogP contribution is -2.50. The molecule has 1 aromatic rings. The molecule has 1 aliphatic heterocycles. The fraction of sp³-hybridized carbons (Fsp3) is 0.364. The summed E-state index contributed by atoms with van der Waals surface area (Å²) in [7, 11) is 0. The van der Waals surface area contributed by atoms with Crippen LogP contribution in [0.2, 0.25) is 0 Å². The molecule has 1 atom stereocenters. The Balaban J connectivity index is 2.27. The number of pyridine rings is 1. The summed E-state index contributed by atoms with van der Waals surface area (Å²) in [6.07, 6.45) is 1.52. The minimum atomic E-state index is -0.970. The van der Waals surface area contributed by atoms with Crippen molar-refractivity contribution in [3.8, 4) is 0 Å². The number of halogens is 1. The molecule has 96 valence electrons. The number of aromatic nitrogens is 1. The molecule has 1 aromatic heterocycles. The molecule has 1 aliphatic rings. The van der Waals surface area contributed by atoms with Crippen molar-refractivity contribution >= 4 is 39.6 Å². The number of aliphatic carboxylic acids is 1. The Hall–Kier alpha value is -1.08. The molecular weight excluding hydrogens is 320 g/mol. The maximum Gasteiger partial charge on any atom is 0.327 e. The first-order valence-corrected chi connectivity index (χ1v) is 7.28. The summed E-state index contributed by atoms with van der Waals surface area (Å²) in [5.74, 6) is -0.135. The number of carboxylic acids is 1. The normalized spacial score (nSPS) is 19.6. The van der Waals surface area contributed by atoms with Gasteiger partial charge in [-0.1, -0.05) is 0 Å². The van der Waals surface area contributed by atoms with Crippen LogP contribution >= 0.6 is 27.7 Å². The van der Waals surface area contributed by atoms with Gasteiger partial charge >= 0.3 is 5.97 Å². The summed E-state index contributed by atoms with van der Waals surface area (Å²) < 4.78 is 0.581. The van der Waals surface area contributed by atoms with Gasteiger partial charge in [-0.2, -0.15) is 11.8 Å². The van der Waals surface area contributed by atoms with Crippen molar-refractivity contribution in [1.82, 2.24) is 9.88 Å². The van der Waals surface area contributed by atoms with Crippen LogP contribution in [0.3, 0.4) is 0 Å². The van der Waals surface area contributed by atoms with Crippen molar-refractivity contribution in [3.63, 3.8) is 0 Å². The van der Waals surface area contributed by atoms with Gasteiger partial charge in [0.05, 0.1) is 0 Å². The highest BCUT2D eigenvalue weighted by Crippen LogP contribution is 2.21. The molecule has 0 aliphatic carbocycles. The summed E-state index contributed by atoms with van der Waals surface area (Å²) >= 11 is 4.80. The molecule has 1 saturated heterocycles. The van der Waals surface area contributed by atoms with Crippen molar-refractivity contribution in [1.29, 1.82) is 0 Å². The molecule has 0 saturated carbocycles. The van der Waals surface area contributed by atoms with Crippen LogP contribution in [0.4, 0.5) is 0 Å². The van der Waals surface area contributed by atoms with Crippen LogP contribution in [0.1, 0.15) is 10.5 Å². The first kappa shape index (κ1) is 13.4. The van der Waals surface area contributed by atoms with E-state index in [9.17, 15) is 9.59 Å². The predicted octanol–water partition coefficient (Wildman–Crippen LogP) is 1.49. The maximum atomic E-state index is 12.3. The molecule has 0 aromatic carbocycles. The third-order valence-corrected chi connectivity index (χ3v) is 4.30. The molecule has 18 heavy (non-hydrogen) atoms. The topological polar surface area (TPSA) is 70.5 Å². The highest BCUT2D eigenvalue weighted by Gasteiger charge is 2.33. The van der Waals surface area contributed by atoms with Gasteiger partial charge in [0.1, 0.15) is 11.7 Å². The zero-order chi connectivity index (χ0) is 13.1. The van der Waals surface area contributed by atoms with Gasteiger partial charge in [-0.25, -0.2) is 9.78 Å². The lowest BCUT2D eigenvalue weighted by Gasteiger charge is -2.32. The number of thioether (sulfide) groups is 1. The van der Waals surface area contributed by atoms with Crippen LogP contribution in [0.15, 0.2) is 22.8 Å². The minimum absolute atomic E-state index is 0.260. The third-order valence-electron chi connectivity index (χ3n) is 2.64. The Morgan fingerprint density at radius 2 is 2.33 bits per heavy atom. The van der Waals surface area contributed by atoms with E-state index in [2.05, 4.69) is 20.9 Å². The lowest BCUT2D eigenvalue weighted by atomic mass is 10.2. The summed E-state index contributed by atoms with van der Waals surface area (Å²) in [5.41, 5.74) is 0.260. The van der Waals surface area contributed by atoms with E-state index in [0.717, 1.165) is 5.75 Å². The number of hydrogen-bond acceptors (Lipinski definition) is 4. The number of amides is 1. The van der Waals surface area contributed by atoms with Gasteiger partial charge in [-0.3, -0.25) is 4.79 Å². The molecule has 1 N–H and O–H groups in total. The van der Waals surface area contributed by atoms with Crippen LogP contribution in [-0.2, 0) is 4.79 Å². The van der Waals surface area contributed by atoms with E-state index >= 15 is 0 Å². The van der Waals surface area contributed by atoms with Crippen molar-refractivity contribution in [2.75, 3.05) is 18.1 Å². The number of rotatable bonds is 2. The minimum Gasteiger partial charge on any atom is -0.480 e. The number of carbonyl (C=O) groups excluding carboxylic acids is 1. The maximum absolute atomic E-state index is 12.3. The average molecular weight is 331 g/mol. The number of hydrogen-bond donors (Lipinski definition) is 1. The van der Waals surface area contributed by atoms with E-state index in [1.165, 1.54) is 11.1 Å². The SMILES string of the molecule is O=C(O)C1CSCCN1C(=O)c1ncccc1Br. The summed E-state index contributed by atoms with van der Waals surface area (Å²) in [5, 5.41) is 9.13. The number of nitrogens with zero attached hydrogens (tertiary/aromatic N) is 2. The summed E-state index contributed by atoms with van der Waals surface area (Å²) in [4.78, 5) is 28.8. The van der Waals surface area contributed by atoms with E-state index < -0.39 is 12.0 Å². The van der Waals surface area contributed by atoms with E-state index in [0.29, 0.717) is 16.8 Å². The molecule has 1 unspecified atom stereocenters. The molecule has 2 rings (SSSR count). The van der Waals surface area contributed by atoms with E-state index in [1.807, 2.05) is 0 Å². The second-order valence-corrected chi connectivity index (χ2v) is 5.77. The monoisotopic (exact) mass is 330 g/mol. The van der Waals surface area contributed by atoms with E-state index in [1.54, 1.807) is 23.9 Å². The standard InChI is InChI=1S/C11H11BrN2O3S/c12-7-2-1-3-13-9(7)10(15)14-4-5-18-6-8(14)11(16)17/h1-3,8H,4-6H2,(H,16,17). The van der Waals surface area contributed by atoms with Crippen molar-refractivity contribution in [2.24, 2.45) is 0 Å². The highest BCUT2D eigenvalue weighted by atomic mass is 79.9. The fourth-order valence-corrected chi connectivity index (χ4v) is 3.19. The first-order chi connectivity index (χ1) is 8.61. The largest absolute Gasteiger partial charge is 0.480 e.